The first kappa shape index (κ1) is 15.4. The highest BCUT2D eigenvalue weighted by atomic mass is 32.2. The Labute approximate surface area is 124 Å². The van der Waals surface area contributed by atoms with Gasteiger partial charge in [-0.25, -0.2) is 10.5 Å². The van der Waals surface area contributed by atoms with E-state index in [1.54, 1.807) is 0 Å². The maximum absolute atomic E-state index is 12.4. The van der Waals surface area contributed by atoms with Crippen molar-refractivity contribution in [1.29, 1.82) is 0 Å². The standard InChI is InChI=1S/C14H12F2N2O2S/c15-14(16)21-13-11(7-4-8-17-13)12(19)18-20-9-10-5-2-1-3-6-10/h1-8,14H,9H2,(H,18,19). The van der Waals surface area contributed by atoms with Crippen molar-refractivity contribution in [3.63, 3.8) is 0 Å². The molecule has 21 heavy (non-hydrogen) atoms. The number of carbonyl (C=O) groups is 1. The van der Waals surface area contributed by atoms with Gasteiger partial charge in [-0.15, -0.1) is 0 Å². The van der Waals surface area contributed by atoms with Crippen LogP contribution in [0.3, 0.4) is 0 Å². The third-order valence-electron chi connectivity index (χ3n) is 2.46. The molecule has 7 heteroatoms. The summed E-state index contributed by atoms with van der Waals surface area (Å²) in [6.45, 7) is 0.185. The second-order valence-electron chi connectivity index (χ2n) is 3.94. The predicted molar refractivity (Wildman–Crippen MR) is 74.8 cm³/mol. The van der Waals surface area contributed by atoms with Crippen LogP contribution in [-0.2, 0) is 11.4 Å². The second-order valence-corrected chi connectivity index (χ2v) is 4.92. The monoisotopic (exact) mass is 310 g/mol. The van der Waals surface area contributed by atoms with Gasteiger partial charge < -0.3 is 0 Å². The van der Waals surface area contributed by atoms with Gasteiger partial charge in [-0.1, -0.05) is 30.3 Å². The van der Waals surface area contributed by atoms with Gasteiger partial charge in [0.15, 0.2) is 0 Å². The van der Waals surface area contributed by atoms with E-state index >= 15 is 0 Å². The Morgan fingerprint density at radius 3 is 2.71 bits per heavy atom. The Balaban J connectivity index is 1.94. The Bertz CT molecular complexity index is 597. The number of carbonyl (C=O) groups excluding carboxylic acids is 1. The minimum Gasteiger partial charge on any atom is -0.269 e. The summed E-state index contributed by atoms with van der Waals surface area (Å²) in [6, 6.07) is 12.2. The molecule has 0 radical (unpaired) electrons. The van der Waals surface area contributed by atoms with E-state index < -0.39 is 11.7 Å². The number of hydrogen-bond acceptors (Lipinski definition) is 4. The highest BCUT2D eigenvalue weighted by Gasteiger charge is 2.16. The highest BCUT2D eigenvalue weighted by Crippen LogP contribution is 2.26. The molecule has 0 aliphatic heterocycles. The summed E-state index contributed by atoms with van der Waals surface area (Å²) in [4.78, 5) is 20.7. The topological polar surface area (TPSA) is 51.2 Å². The molecule has 1 amide bonds. The van der Waals surface area contributed by atoms with Gasteiger partial charge in [0.2, 0.25) is 0 Å². The van der Waals surface area contributed by atoms with Crippen LogP contribution in [0, 0.1) is 0 Å². The molecule has 1 aromatic carbocycles. The number of hydroxylamine groups is 1. The van der Waals surface area contributed by atoms with Crippen LogP contribution in [-0.4, -0.2) is 16.6 Å². The average molecular weight is 310 g/mol. The molecule has 0 unspecified atom stereocenters. The van der Waals surface area contributed by atoms with Crippen LogP contribution in [0.15, 0.2) is 53.7 Å². The van der Waals surface area contributed by atoms with E-state index in [-0.39, 0.29) is 29.0 Å². The zero-order valence-electron chi connectivity index (χ0n) is 10.8. The minimum atomic E-state index is -2.64. The lowest BCUT2D eigenvalue weighted by Crippen LogP contribution is -2.24. The first-order valence-corrected chi connectivity index (χ1v) is 6.90. The lowest BCUT2D eigenvalue weighted by atomic mass is 10.2. The number of thioether (sulfide) groups is 1. The molecule has 0 fully saturated rings. The number of rotatable bonds is 6. The normalized spacial score (nSPS) is 10.6. The van der Waals surface area contributed by atoms with Gasteiger partial charge in [-0.3, -0.25) is 9.63 Å². The molecular weight excluding hydrogens is 298 g/mol. The maximum Gasteiger partial charge on any atom is 0.290 e. The minimum absolute atomic E-state index is 0.0340. The largest absolute Gasteiger partial charge is 0.290 e. The number of amides is 1. The Hall–Kier alpha value is -1.99. The van der Waals surface area contributed by atoms with Crippen molar-refractivity contribution < 1.29 is 18.4 Å². The number of alkyl halides is 2. The number of nitrogens with one attached hydrogen (secondary N) is 1. The van der Waals surface area contributed by atoms with Crippen LogP contribution in [0.2, 0.25) is 0 Å². The first-order chi connectivity index (χ1) is 10.2. The maximum atomic E-state index is 12.4. The molecule has 1 N–H and O–H groups in total. The molecule has 0 saturated heterocycles. The Kier molecular flexibility index (Phi) is 5.65. The molecule has 1 heterocycles. The van der Waals surface area contributed by atoms with E-state index in [4.69, 9.17) is 4.84 Å². The third kappa shape index (κ3) is 4.80. The highest BCUT2D eigenvalue weighted by molar-refractivity contribution is 7.99. The zero-order chi connectivity index (χ0) is 15.1. The van der Waals surface area contributed by atoms with Crippen molar-refractivity contribution >= 4 is 17.7 Å². The molecule has 2 aromatic rings. The van der Waals surface area contributed by atoms with Gasteiger partial charge in [0.1, 0.15) is 5.03 Å². The van der Waals surface area contributed by atoms with E-state index in [2.05, 4.69) is 10.5 Å². The summed E-state index contributed by atoms with van der Waals surface area (Å²) in [5.41, 5.74) is 3.16. The second kappa shape index (κ2) is 7.70. The van der Waals surface area contributed by atoms with Crippen molar-refractivity contribution in [1.82, 2.24) is 10.5 Å². The summed E-state index contributed by atoms with van der Waals surface area (Å²) in [7, 11) is 0. The summed E-state index contributed by atoms with van der Waals surface area (Å²) in [6.07, 6.45) is 1.35. The summed E-state index contributed by atoms with van der Waals surface area (Å²) < 4.78 is 24.8. The molecule has 4 nitrogen and oxygen atoms in total. The van der Waals surface area contributed by atoms with Crippen molar-refractivity contribution in [2.45, 2.75) is 17.4 Å². The molecule has 1 aromatic heterocycles. The number of halogens is 2. The van der Waals surface area contributed by atoms with Crippen LogP contribution in [0.1, 0.15) is 15.9 Å². The lowest BCUT2D eigenvalue weighted by Gasteiger charge is -2.08. The van der Waals surface area contributed by atoms with Gasteiger partial charge in [-0.2, -0.15) is 8.78 Å². The molecular formula is C14H12F2N2O2S. The van der Waals surface area contributed by atoms with Gasteiger partial charge in [0.05, 0.1) is 12.2 Å². The van der Waals surface area contributed by atoms with Crippen LogP contribution in [0.4, 0.5) is 8.78 Å². The van der Waals surface area contributed by atoms with E-state index in [0.29, 0.717) is 0 Å². The van der Waals surface area contributed by atoms with Gasteiger partial charge >= 0.3 is 0 Å². The number of benzene rings is 1. The van der Waals surface area contributed by atoms with Crippen LogP contribution >= 0.6 is 11.8 Å². The molecule has 0 spiro atoms. The van der Waals surface area contributed by atoms with Gasteiger partial charge in [0, 0.05) is 6.20 Å². The average Bonchev–Trinajstić information content (AvgIpc) is 2.48. The van der Waals surface area contributed by atoms with Crippen LogP contribution in [0.5, 0.6) is 0 Å². The van der Waals surface area contributed by atoms with E-state index in [1.165, 1.54) is 18.3 Å². The number of pyridine rings is 1. The zero-order valence-corrected chi connectivity index (χ0v) is 11.6. The Morgan fingerprint density at radius 2 is 2.00 bits per heavy atom. The quantitative estimate of drug-likeness (QED) is 0.657. The smallest absolute Gasteiger partial charge is 0.269 e. The number of nitrogens with zero attached hydrogens (tertiary/aromatic N) is 1. The number of hydrogen-bond donors (Lipinski definition) is 1. The summed E-state index contributed by atoms with van der Waals surface area (Å²) >= 11 is 0.222. The van der Waals surface area contributed by atoms with Crippen LogP contribution < -0.4 is 5.48 Å². The molecule has 0 aliphatic carbocycles. The van der Waals surface area contributed by atoms with Crippen LogP contribution in [0.25, 0.3) is 0 Å². The first-order valence-electron chi connectivity index (χ1n) is 6.02. The molecule has 2 rings (SSSR count). The van der Waals surface area contributed by atoms with E-state index in [0.717, 1.165) is 5.56 Å². The third-order valence-corrected chi connectivity index (χ3v) is 3.19. The van der Waals surface area contributed by atoms with Gasteiger partial charge in [0.25, 0.3) is 11.7 Å². The summed E-state index contributed by atoms with van der Waals surface area (Å²) in [5, 5.41) is -0.0340. The Morgan fingerprint density at radius 1 is 1.24 bits per heavy atom. The van der Waals surface area contributed by atoms with Crippen molar-refractivity contribution in [2.75, 3.05) is 0 Å². The SMILES string of the molecule is O=C(NOCc1ccccc1)c1cccnc1SC(F)F. The fraction of sp³-hybridized carbons (Fsp3) is 0.143. The fourth-order valence-corrected chi connectivity index (χ4v) is 2.13. The van der Waals surface area contributed by atoms with Gasteiger partial charge in [-0.05, 0) is 29.5 Å². The molecule has 0 bridgehead atoms. The van der Waals surface area contributed by atoms with E-state index in [1.807, 2.05) is 30.3 Å². The van der Waals surface area contributed by atoms with E-state index in [9.17, 15) is 13.6 Å². The fourth-order valence-electron chi connectivity index (χ4n) is 1.56. The molecule has 0 aliphatic rings. The summed E-state index contributed by atoms with van der Waals surface area (Å²) in [5.74, 6) is -3.25. The van der Waals surface area contributed by atoms with Crippen molar-refractivity contribution in [3.05, 3.63) is 59.8 Å². The molecule has 110 valence electrons. The van der Waals surface area contributed by atoms with Crippen molar-refractivity contribution in [2.24, 2.45) is 0 Å². The number of aromatic nitrogens is 1. The molecule has 0 atom stereocenters. The predicted octanol–water partition coefficient (Wildman–Crippen LogP) is 3.26. The molecule has 0 saturated carbocycles. The van der Waals surface area contributed by atoms with Crippen molar-refractivity contribution in [3.8, 4) is 0 Å². The lowest BCUT2D eigenvalue weighted by molar-refractivity contribution is 0.0230.